The van der Waals surface area contributed by atoms with Crippen LogP contribution >= 0.6 is 11.6 Å². The van der Waals surface area contributed by atoms with Crippen LogP contribution in [-0.2, 0) is 4.79 Å². The number of halogens is 2. The number of hydrogen-bond acceptors (Lipinski definition) is 3. The van der Waals surface area contributed by atoms with E-state index < -0.39 is 0 Å². The van der Waals surface area contributed by atoms with Crippen molar-refractivity contribution in [3.63, 3.8) is 0 Å². The van der Waals surface area contributed by atoms with E-state index in [4.69, 9.17) is 16.6 Å². The van der Waals surface area contributed by atoms with Crippen LogP contribution in [0.2, 0.25) is 5.02 Å². The van der Waals surface area contributed by atoms with Gasteiger partial charge in [-0.1, -0.05) is 24.4 Å². The highest BCUT2D eigenvalue weighted by atomic mass is 35.5. The molecule has 1 saturated heterocycles. The molecule has 2 heterocycles. The summed E-state index contributed by atoms with van der Waals surface area (Å²) in [5.74, 6) is 0.781. The number of nitrogens with one attached hydrogen (secondary N) is 1. The van der Waals surface area contributed by atoms with E-state index in [1.165, 1.54) is 25.0 Å². The van der Waals surface area contributed by atoms with E-state index in [1.807, 2.05) is 23.6 Å². The van der Waals surface area contributed by atoms with Gasteiger partial charge in [-0.3, -0.25) is 9.36 Å². The molecule has 1 saturated carbocycles. The van der Waals surface area contributed by atoms with Crippen LogP contribution in [0, 0.1) is 18.7 Å². The Morgan fingerprint density at radius 3 is 2.47 bits per heavy atom. The molecule has 1 amide bonds. The molecule has 1 aliphatic heterocycles. The van der Waals surface area contributed by atoms with Crippen LogP contribution in [0.1, 0.15) is 44.1 Å². The van der Waals surface area contributed by atoms with E-state index in [0.29, 0.717) is 11.1 Å². The quantitative estimate of drug-likeness (QED) is 0.574. The van der Waals surface area contributed by atoms with Gasteiger partial charge in [0, 0.05) is 35.8 Å². The lowest BCUT2D eigenvalue weighted by atomic mass is 9.95. The largest absolute Gasteiger partial charge is 0.353 e. The summed E-state index contributed by atoms with van der Waals surface area (Å²) in [4.78, 5) is 19.9. The van der Waals surface area contributed by atoms with Gasteiger partial charge in [0.2, 0.25) is 11.9 Å². The number of rotatable bonds is 4. The molecular formula is C25H28ClFN4O. The molecule has 0 spiro atoms. The summed E-state index contributed by atoms with van der Waals surface area (Å²) in [5.41, 5.74) is 3.55. The molecule has 0 radical (unpaired) electrons. The van der Waals surface area contributed by atoms with Gasteiger partial charge < -0.3 is 10.2 Å². The molecule has 7 heteroatoms. The number of anilines is 1. The average molecular weight is 455 g/mol. The summed E-state index contributed by atoms with van der Waals surface area (Å²) >= 11 is 6.43. The molecular weight excluding hydrogens is 427 g/mol. The standard InChI is InChI=1S/C25H28ClFN4O/c1-16-14-22-23(15-21(16)26)31(20-8-6-18(27)7-9-20)25(29-22)30-12-10-17(11-13-30)24(32)28-19-4-2-3-5-19/h6-9,14-15,17,19H,2-5,10-13H2,1H3,(H,28,32). The van der Waals surface area contributed by atoms with Gasteiger partial charge in [-0.2, -0.15) is 0 Å². The third-order valence-corrected chi connectivity index (χ3v) is 7.26. The molecule has 3 aromatic rings. The van der Waals surface area contributed by atoms with Crippen molar-refractivity contribution in [3.05, 3.63) is 52.8 Å². The monoisotopic (exact) mass is 454 g/mol. The Hall–Kier alpha value is -2.60. The molecule has 1 aliphatic carbocycles. The van der Waals surface area contributed by atoms with Gasteiger partial charge in [-0.05, 0) is 74.6 Å². The highest BCUT2D eigenvalue weighted by Crippen LogP contribution is 2.33. The molecule has 32 heavy (non-hydrogen) atoms. The van der Waals surface area contributed by atoms with Crippen LogP contribution in [-0.4, -0.2) is 34.6 Å². The van der Waals surface area contributed by atoms with Crippen molar-refractivity contribution in [2.24, 2.45) is 5.92 Å². The zero-order chi connectivity index (χ0) is 22.2. The van der Waals surface area contributed by atoms with Crippen molar-refractivity contribution in [2.45, 2.75) is 51.5 Å². The number of fused-ring (bicyclic) bond motifs is 1. The molecule has 168 valence electrons. The minimum absolute atomic E-state index is 0.0483. The number of amides is 1. The lowest BCUT2D eigenvalue weighted by Gasteiger charge is -2.33. The van der Waals surface area contributed by atoms with Gasteiger partial charge >= 0.3 is 0 Å². The zero-order valence-electron chi connectivity index (χ0n) is 18.3. The average Bonchev–Trinajstić information content (AvgIpc) is 3.43. The van der Waals surface area contributed by atoms with Gasteiger partial charge in [-0.15, -0.1) is 0 Å². The summed E-state index contributed by atoms with van der Waals surface area (Å²) in [6.45, 7) is 3.47. The van der Waals surface area contributed by atoms with Crippen LogP contribution in [0.25, 0.3) is 16.7 Å². The second kappa shape index (κ2) is 8.74. The topological polar surface area (TPSA) is 50.2 Å². The number of aromatic nitrogens is 2. The fraction of sp³-hybridized carbons (Fsp3) is 0.440. The number of piperidine rings is 1. The van der Waals surface area contributed by atoms with Crippen LogP contribution in [0.3, 0.4) is 0 Å². The van der Waals surface area contributed by atoms with Crippen LogP contribution < -0.4 is 10.2 Å². The Morgan fingerprint density at radius 1 is 1.09 bits per heavy atom. The normalized spacial score (nSPS) is 17.9. The molecule has 5 rings (SSSR count). The highest BCUT2D eigenvalue weighted by Gasteiger charge is 2.29. The maximum absolute atomic E-state index is 13.6. The lowest BCUT2D eigenvalue weighted by Crippen LogP contribution is -2.43. The Kier molecular flexibility index (Phi) is 5.80. The van der Waals surface area contributed by atoms with Gasteiger partial charge in [0.05, 0.1) is 11.0 Å². The summed E-state index contributed by atoms with van der Waals surface area (Å²) in [6.07, 6.45) is 6.23. The molecule has 1 N–H and O–H groups in total. The van der Waals surface area contributed by atoms with Gasteiger partial charge in [0.1, 0.15) is 5.82 Å². The highest BCUT2D eigenvalue weighted by molar-refractivity contribution is 6.32. The minimum atomic E-state index is -0.275. The third-order valence-electron chi connectivity index (χ3n) is 6.85. The maximum Gasteiger partial charge on any atom is 0.223 e. The van der Waals surface area contributed by atoms with Gasteiger partial charge in [0.25, 0.3) is 0 Å². The number of nitrogens with zero attached hydrogens (tertiary/aromatic N) is 3. The fourth-order valence-electron chi connectivity index (χ4n) is 4.98. The number of carbonyl (C=O) groups is 1. The summed E-state index contributed by atoms with van der Waals surface area (Å²) in [6, 6.07) is 10.7. The van der Waals surface area contributed by atoms with E-state index in [9.17, 15) is 9.18 Å². The predicted octanol–water partition coefficient (Wildman–Crippen LogP) is 5.40. The Morgan fingerprint density at radius 2 is 1.78 bits per heavy atom. The van der Waals surface area contributed by atoms with Gasteiger partial charge in [-0.25, -0.2) is 9.37 Å². The summed E-state index contributed by atoms with van der Waals surface area (Å²) in [7, 11) is 0. The first-order valence-corrected chi connectivity index (χ1v) is 11.9. The van der Waals surface area contributed by atoms with Crippen molar-refractivity contribution >= 4 is 34.5 Å². The van der Waals surface area contributed by atoms with Crippen molar-refractivity contribution < 1.29 is 9.18 Å². The molecule has 2 fully saturated rings. The second-order valence-corrected chi connectivity index (χ2v) is 9.47. The predicted molar refractivity (Wildman–Crippen MR) is 126 cm³/mol. The first-order valence-electron chi connectivity index (χ1n) is 11.5. The Balaban J connectivity index is 1.42. The lowest BCUT2D eigenvalue weighted by molar-refractivity contribution is -0.126. The third kappa shape index (κ3) is 4.08. The summed E-state index contributed by atoms with van der Waals surface area (Å²) in [5, 5.41) is 3.93. The zero-order valence-corrected chi connectivity index (χ0v) is 19.0. The maximum atomic E-state index is 13.6. The molecule has 0 atom stereocenters. The second-order valence-electron chi connectivity index (χ2n) is 9.07. The van der Waals surface area contributed by atoms with E-state index in [0.717, 1.165) is 67.0 Å². The Labute approximate surface area is 192 Å². The number of imidazole rings is 1. The Bertz CT molecular complexity index is 1130. The summed E-state index contributed by atoms with van der Waals surface area (Å²) < 4.78 is 15.6. The van der Waals surface area contributed by atoms with E-state index in [2.05, 4.69) is 10.2 Å². The minimum Gasteiger partial charge on any atom is -0.353 e. The molecule has 0 unspecified atom stereocenters. The van der Waals surface area contributed by atoms with E-state index in [-0.39, 0.29) is 17.6 Å². The number of hydrogen-bond donors (Lipinski definition) is 1. The molecule has 2 aromatic carbocycles. The number of aryl methyl sites for hydroxylation is 1. The van der Waals surface area contributed by atoms with Crippen molar-refractivity contribution in [1.29, 1.82) is 0 Å². The number of benzene rings is 2. The number of carbonyl (C=O) groups excluding carboxylic acids is 1. The fourth-order valence-corrected chi connectivity index (χ4v) is 5.14. The van der Waals surface area contributed by atoms with E-state index in [1.54, 1.807) is 12.1 Å². The first-order chi connectivity index (χ1) is 15.5. The molecule has 2 aliphatic rings. The molecule has 5 nitrogen and oxygen atoms in total. The van der Waals surface area contributed by atoms with Crippen LogP contribution in [0.4, 0.5) is 10.3 Å². The van der Waals surface area contributed by atoms with E-state index >= 15 is 0 Å². The van der Waals surface area contributed by atoms with Crippen molar-refractivity contribution in [3.8, 4) is 5.69 Å². The van der Waals surface area contributed by atoms with Crippen LogP contribution in [0.5, 0.6) is 0 Å². The first kappa shape index (κ1) is 21.3. The smallest absolute Gasteiger partial charge is 0.223 e. The van der Waals surface area contributed by atoms with Crippen molar-refractivity contribution in [2.75, 3.05) is 18.0 Å². The van der Waals surface area contributed by atoms with Crippen molar-refractivity contribution in [1.82, 2.24) is 14.9 Å². The molecule has 0 bridgehead atoms. The van der Waals surface area contributed by atoms with Crippen LogP contribution in [0.15, 0.2) is 36.4 Å². The molecule has 1 aromatic heterocycles. The van der Waals surface area contributed by atoms with Gasteiger partial charge in [0.15, 0.2) is 0 Å². The SMILES string of the molecule is Cc1cc2nc(N3CCC(C(=O)NC4CCCC4)CC3)n(-c3ccc(F)cc3)c2cc1Cl.